The van der Waals surface area contributed by atoms with E-state index in [2.05, 4.69) is 0 Å². The molecule has 0 fully saturated rings. The van der Waals surface area contributed by atoms with E-state index >= 15 is 0 Å². The average molecular weight is 396 g/mol. The standard InChI is InChI=1S/C23H25NO5/c1-14(2)22(23(25)26)24-13-17-12-21(29-5)20(28-4)11-16(17)10-19(24)15-6-8-18(27-3)9-7-15/h6-14,22H,1-5H3/p+1. The maximum Gasteiger partial charge on any atom is 0.373 e. The summed E-state index contributed by atoms with van der Waals surface area (Å²) in [6, 6.07) is 12.6. The number of ether oxygens (including phenoxy) is 3. The van der Waals surface area contributed by atoms with Crippen LogP contribution in [0.5, 0.6) is 17.2 Å². The summed E-state index contributed by atoms with van der Waals surface area (Å²) in [4.78, 5) is 12.1. The SMILES string of the molecule is COc1ccc(-c2cc3cc(OC)c(OC)cc3c[n+]2C(C(=O)O)C(C)C)cc1. The van der Waals surface area contributed by atoms with Gasteiger partial charge in [-0.15, -0.1) is 0 Å². The molecule has 0 saturated heterocycles. The van der Waals surface area contributed by atoms with Crippen LogP contribution >= 0.6 is 0 Å². The normalized spacial score (nSPS) is 12.1. The number of hydrogen-bond acceptors (Lipinski definition) is 4. The van der Waals surface area contributed by atoms with Crippen molar-refractivity contribution >= 4 is 16.7 Å². The number of benzene rings is 2. The highest BCUT2D eigenvalue weighted by Crippen LogP contribution is 2.34. The molecule has 1 aromatic heterocycles. The molecule has 0 saturated carbocycles. The van der Waals surface area contributed by atoms with Crippen molar-refractivity contribution in [2.24, 2.45) is 5.92 Å². The minimum absolute atomic E-state index is 0.105. The summed E-state index contributed by atoms with van der Waals surface area (Å²) in [5.74, 6) is 0.982. The third-order valence-electron chi connectivity index (χ3n) is 5.01. The largest absolute Gasteiger partial charge is 0.497 e. The number of methoxy groups -OCH3 is 3. The van der Waals surface area contributed by atoms with Gasteiger partial charge in [0, 0.05) is 22.9 Å². The molecule has 0 spiro atoms. The molecule has 6 nitrogen and oxygen atoms in total. The van der Waals surface area contributed by atoms with Crippen molar-refractivity contribution in [2.75, 3.05) is 21.3 Å². The molecule has 0 amide bonds. The first-order chi connectivity index (χ1) is 13.9. The lowest BCUT2D eigenvalue weighted by atomic mass is 10.00. The van der Waals surface area contributed by atoms with Crippen LogP contribution in [0.15, 0.2) is 48.7 Å². The fourth-order valence-corrected chi connectivity index (χ4v) is 3.54. The fourth-order valence-electron chi connectivity index (χ4n) is 3.54. The zero-order valence-corrected chi connectivity index (χ0v) is 17.3. The Balaban J connectivity index is 2.32. The number of pyridine rings is 1. The molecule has 3 rings (SSSR count). The number of nitrogens with zero attached hydrogens (tertiary/aromatic N) is 1. The van der Waals surface area contributed by atoms with E-state index in [1.165, 1.54) is 0 Å². The van der Waals surface area contributed by atoms with Crippen LogP contribution < -0.4 is 18.8 Å². The van der Waals surface area contributed by atoms with E-state index in [4.69, 9.17) is 14.2 Å². The van der Waals surface area contributed by atoms with Crippen LogP contribution in [-0.4, -0.2) is 32.4 Å². The average Bonchev–Trinajstić information content (AvgIpc) is 2.71. The lowest BCUT2D eigenvalue weighted by Gasteiger charge is -2.16. The van der Waals surface area contributed by atoms with E-state index in [1.54, 1.807) is 21.3 Å². The predicted molar refractivity (Wildman–Crippen MR) is 111 cm³/mol. The Morgan fingerprint density at radius 1 is 0.897 bits per heavy atom. The first-order valence-electron chi connectivity index (χ1n) is 9.37. The maximum atomic E-state index is 12.1. The minimum atomic E-state index is -0.875. The van der Waals surface area contributed by atoms with Crippen molar-refractivity contribution in [2.45, 2.75) is 19.9 Å². The Morgan fingerprint density at radius 2 is 1.48 bits per heavy atom. The fraction of sp³-hybridized carbons (Fsp3) is 0.304. The van der Waals surface area contributed by atoms with Crippen LogP contribution in [0.1, 0.15) is 19.9 Å². The Morgan fingerprint density at radius 3 is 1.97 bits per heavy atom. The van der Waals surface area contributed by atoms with E-state index in [0.717, 1.165) is 27.8 Å². The van der Waals surface area contributed by atoms with Crippen LogP contribution in [0.4, 0.5) is 0 Å². The molecule has 1 N–H and O–H groups in total. The van der Waals surface area contributed by atoms with E-state index in [9.17, 15) is 9.90 Å². The zero-order chi connectivity index (χ0) is 21.1. The maximum absolute atomic E-state index is 12.1. The lowest BCUT2D eigenvalue weighted by Crippen LogP contribution is -2.48. The number of fused-ring (bicyclic) bond motifs is 1. The van der Waals surface area contributed by atoms with Gasteiger partial charge in [0.1, 0.15) is 5.75 Å². The molecule has 29 heavy (non-hydrogen) atoms. The molecule has 152 valence electrons. The van der Waals surface area contributed by atoms with Gasteiger partial charge in [-0.1, -0.05) is 13.8 Å². The summed E-state index contributed by atoms with van der Waals surface area (Å²) in [5, 5.41) is 11.7. The van der Waals surface area contributed by atoms with E-state index in [-0.39, 0.29) is 5.92 Å². The van der Waals surface area contributed by atoms with E-state index < -0.39 is 12.0 Å². The van der Waals surface area contributed by atoms with Crippen molar-refractivity contribution in [1.29, 1.82) is 0 Å². The predicted octanol–water partition coefficient (Wildman–Crippen LogP) is 4.10. The molecule has 2 aromatic carbocycles. The van der Waals surface area contributed by atoms with Gasteiger partial charge in [0.2, 0.25) is 5.69 Å². The highest BCUT2D eigenvalue weighted by Gasteiger charge is 2.34. The van der Waals surface area contributed by atoms with Gasteiger partial charge in [-0.05, 0) is 41.8 Å². The minimum Gasteiger partial charge on any atom is -0.497 e. The molecular weight excluding hydrogens is 370 g/mol. The molecule has 0 radical (unpaired) electrons. The van der Waals surface area contributed by atoms with Gasteiger partial charge in [-0.3, -0.25) is 0 Å². The number of carboxylic acids is 1. The second kappa shape index (κ2) is 8.39. The monoisotopic (exact) mass is 396 g/mol. The van der Waals surface area contributed by atoms with Crippen LogP contribution in [-0.2, 0) is 4.79 Å². The van der Waals surface area contributed by atoms with Crippen LogP contribution in [0.3, 0.4) is 0 Å². The second-order valence-electron chi connectivity index (χ2n) is 7.16. The quantitative estimate of drug-likeness (QED) is 0.609. The van der Waals surface area contributed by atoms with Gasteiger partial charge in [0.05, 0.1) is 21.3 Å². The summed E-state index contributed by atoms with van der Waals surface area (Å²) < 4.78 is 17.9. The second-order valence-corrected chi connectivity index (χ2v) is 7.16. The van der Waals surface area contributed by atoms with Gasteiger partial charge in [-0.2, -0.15) is 4.57 Å². The van der Waals surface area contributed by atoms with Gasteiger partial charge in [0.15, 0.2) is 17.7 Å². The third-order valence-corrected chi connectivity index (χ3v) is 5.01. The first kappa shape index (κ1) is 20.5. The van der Waals surface area contributed by atoms with Crippen LogP contribution in [0.2, 0.25) is 0 Å². The molecule has 0 bridgehead atoms. The van der Waals surface area contributed by atoms with Crippen LogP contribution in [0.25, 0.3) is 22.0 Å². The van der Waals surface area contributed by atoms with E-state index in [1.807, 2.05) is 67.1 Å². The molecule has 1 atom stereocenters. The molecule has 0 aliphatic rings. The molecule has 1 unspecified atom stereocenters. The smallest absolute Gasteiger partial charge is 0.373 e. The molecule has 0 aliphatic carbocycles. The van der Waals surface area contributed by atoms with Gasteiger partial charge in [0.25, 0.3) is 6.04 Å². The summed E-state index contributed by atoms with van der Waals surface area (Å²) in [6.07, 6.45) is 1.87. The van der Waals surface area contributed by atoms with Crippen molar-refractivity contribution < 1.29 is 28.7 Å². The number of carboxylic acid groups (broad SMARTS) is 1. The van der Waals surface area contributed by atoms with Gasteiger partial charge < -0.3 is 19.3 Å². The van der Waals surface area contributed by atoms with Gasteiger partial charge in [-0.25, -0.2) is 4.79 Å². The zero-order valence-electron chi connectivity index (χ0n) is 17.3. The molecule has 6 heteroatoms. The number of hydrogen-bond donors (Lipinski definition) is 1. The molecular formula is C23H26NO5+. The Bertz CT molecular complexity index is 1030. The van der Waals surface area contributed by atoms with Crippen molar-refractivity contribution in [3.8, 4) is 28.5 Å². The summed E-state index contributed by atoms with van der Waals surface area (Å²) in [7, 11) is 4.79. The van der Waals surface area contributed by atoms with Crippen LogP contribution in [0, 0.1) is 5.92 Å². The third kappa shape index (κ3) is 3.97. The first-order valence-corrected chi connectivity index (χ1v) is 9.37. The van der Waals surface area contributed by atoms with Crippen molar-refractivity contribution in [3.05, 3.63) is 48.7 Å². The molecule has 0 aliphatic heterocycles. The summed E-state index contributed by atoms with van der Waals surface area (Å²) in [6.45, 7) is 3.81. The molecule has 1 heterocycles. The summed E-state index contributed by atoms with van der Waals surface area (Å²) in [5.41, 5.74) is 1.70. The lowest BCUT2D eigenvalue weighted by molar-refractivity contribution is -0.705. The molecule has 3 aromatic rings. The summed E-state index contributed by atoms with van der Waals surface area (Å²) >= 11 is 0. The number of carbonyl (C=O) groups is 1. The highest BCUT2D eigenvalue weighted by atomic mass is 16.5. The number of rotatable bonds is 7. The highest BCUT2D eigenvalue weighted by molar-refractivity contribution is 5.87. The van der Waals surface area contributed by atoms with Crippen molar-refractivity contribution in [3.63, 3.8) is 0 Å². The number of aromatic nitrogens is 1. The topological polar surface area (TPSA) is 68.9 Å². The Hall–Kier alpha value is -3.28. The number of aliphatic carboxylic acids is 1. The van der Waals surface area contributed by atoms with E-state index in [0.29, 0.717) is 11.5 Å². The van der Waals surface area contributed by atoms with Gasteiger partial charge >= 0.3 is 5.97 Å². The van der Waals surface area contributed by atoms with Crippen molar-refractivity contribution in [1.82, 2.24) is 0 Å². The Labute approximate surface area is 170 Å². The Kier molecular flexibility index (Phi) is 5.92.